The lowest BCUT2D eigenvalue weighted by molar-refractivity contribution is 1.18. The molecule has 10 aromatic carbocycles. The zero-order chi connectivity index (χ0) is 39.6. The Labute approximate surface area is 348 Å². The van der Waals surface area contributed by atoms with Crippen LogP contribution in [0.4, 0.5) is 0 Å². The summed E-state index contributed by atoms with van der Waals surface area (Å²) in [6.07, 6.45) is 0. The van der Waals surface area contributed by atoms with Crippen molar-refractivity contribution in [2.75, 3.05) is 0 Å². The van der Waals surface area contributed by atoms with Gasteiger partial charge < -0.3 is 9.13 Å². The van der Waals surface area contributed by atoms with Gasteiger partial charge in [0, 0.05) is 32.5 Å². The molecular weight excluding hydrogens is 725 g/mol. The molecule has 0 saturated heterocycles. The first kappa shape index (κ1) is 34.1. The Morgan fingerprint density at radius 1 is 0.217 bits per heavy atom. The van der Waals surface area contributed by atoms with Gasteiger partial charge in [-0.25, -0.2) is 0 Å². The second-order valence-corrected chi connectivity index (χ2v) is 15.6. The molecule has 2 aromatic heterocycles. The van der Waals surface area contributed by atoms with Crippen molar-refractivity contribution in [3.05, 3.63) is 231 Å². The van der Waals surface area contributed by atoms with Gasteiger partial charge in [-0.15, -0.1) is 0 Å². The van der Waals surface area contributed by atoms with E-state index >= 15 is 0 Å². The average molecular weight is 763 g/mol. The van der Waals surface area contributed by atoms with Crippen LogP contribution in [0.2, 0.25) is 0 Å². The number of rotatable bonds is 6. The minimum Gasteiger partial charge on any atom is -0.309 e. The van der Waals surface area contributed by atoms with Crippen LogP contribution >= 0.6 is 0 Å². The zero-order valence-electron chi connectivity index (χ0n) is 32.8. The molecule has 0 saturated carbocycles. The molecule has 0 aliphatic carbocycles. The molecule has 0 aliphatic heterocycles. The standard InChI is InChI=1S/C58H38N2/c1-4-17-39(18-5-1)44-33-36-54(48-25-11-10-24-47(44)48)59-53-29-15-13-26-49(53)50-37-42(31-34-55(50)59)43-32-35-56-51(38-43)58-46(41-21-8-3-9-22-41)27-16-30-57(58)60(56)52-28-14-12-23-45(52)40-19-6-2-7-20-40/h1-38H. The molecule has 12 aromatic rings. The summed E-state index contributed by atoms with van der Waals surface area (Å²) < 4.78 is 4.92. The summed E-state index contributed by atoms with van der Waals surface area (Å²) in [5, 5.41) is 7.45. The maximum absolute atomic E-state index is 2.47. The number of aromatic nitrogens is 2. The minimum absolute atomic E-state index is 1.17. The van der Waals surface area contributed by atoms with E-state index < -0.39 is 0 Å². The molecule has 0 bridgehead atoms. The fraction of sp³-hybridized carbons (Fsp3) is 0. The van der Waals surface area contributed by atoms with E-state index in [1.54, 1.807) is 0 Å². The average Bonchev–Trinajstić information content (AvgIpc) is 3.84. The fourth-order valence-corrected chi connectivity index (χ4v) is 9.66. The zero-order valence-corrected chi connectivity index (χ0v) is 32.8. The highest BCUT2D eigenvalue weighted by Crippen LogP contribution is 2.43. The third kappa shape index (κ3) is 5.35. The van der Waals surface area contributed by atoms with Crippen molar-refractivity contribution in [1.29, 1.82) is 0 Å². The van der Waals surface area contributed by atoms with Crippen LogP contribution in [0.1, 0.15) is 0 Å². The van der Waals surface area contributed by atoms with Crippen molar-refractivity contribution in [3.8, 4) is 55.9 Å². The molecule has 0 N–H and O–H groups in total. The van der Waals surface area contributed by atoms with Crippen LogP contribution < -0.4 is 0 Å². The lowest BCUT2D eigenvalue weighted by atomic mass is 9.96. The number of fused-ring (bicyclic) bond motifs is 7. The van der Waals surface area contributed by atoms with E-state index in [-0.39, 0.29) is 0 Å². The first-order valence-electron chi connectivity index (χ1n) is 20.7. The molecule has 0 unspecified atom stereocenters. The van der Waals surface area contributed by atoms with E-state index in [9.17, 15) is 0 Å². The Morgan fingerprint density at radius 2 is 0.700 bits per heavy atom. The quantitative estimate of drug-likeness (QED) is 0.160. The Bertz CT molecular complexity index is 3580. The number of nitrogens with zero attached hydrogens (tertiary/aromatic N) is 2. The van der Waals surface area contributed by atoms with Crippen LogP contribution in [-0.4, -0.2) is 9.13 Å². The van der Waals surface area contributed by atoms with Crippen molar-refractivity contribution >= 4 is 54.4 Å². The summed E-state index contributed by atoms with van der Waals surface area (Å²) in [7, 11) is 0. The van der Waals surface area contributed by atoms with E-state index in [0.29, 0.717) is 0 Å². The second kappa shape index (κ2) is 13.9. The lowest BCUT2D eigenvalue weighted by Crippen LogP contribution is -1.97. The SMILES string of the molecule is c1ccc(-c2ccccc2-n2c3ccc(-c4ccc5c(c4)c4ccccc4n5-c4ccc(-c5ccccc5)c5ccccc45)cc3c3c(-c4ccccc4)cccc32)cc1. The van der Waals surface area contributed by atoms with Gasteiger partial charge in [-0.1, -0.05) is 182 Å². The predicted octanol–water partition coefficient (Wildman–Crippen LogP) is 15.7. The van der Waals surface area contributed by atoms with Crippen molar-refractivity contribution in [2.24, 2.45) is 0 Å². The van der Waals surface area contributed by atoms with Crippen LogP contribution in [0, 0.1) is 0 Å². The molecule has 60 heavy (non-hydrogen) atoms. The normalized spacial score (nSPS) is 11.7. The Balaban J connectivity index is 1.08. The molecule has 12 rings (SSSR count). The van der Waals surface area contributed by atoms with Gasteiger partial charge in [0.15, 0.2) is 0 Å². The first-order valence-corrected chi connectivity index (χ1v) is 20.7. The maximum atomic E-state index is 2.47. The minimum atomic E-state index is 1.17. The first-order chi connectivity index (χ1) is 29.8. The summed E-state index contributed by atoms with van der Waals surface area (Å²) in [4.78, 5) is 0. The van der Waals surface area contributed by atoms with Gasteiger partial charge in [0.25, 0.3) is 0 Å². The lowest BCUT2D eigenvalue weighted by Gasteiger charge is -2.15. The molecule has 2 heteroatoms. The molecule has 0 aliphatic rings. The Hall–Kier alpha value is -7.94. The predicted molar refractivity (Wildman–Crippen MR) is 254 cm³/mol. The number of benzene rings is 10. The molecule has 0 radical (unpaired) electrons. The summed E-state index contributed by atoms with van der Waals surface area (Å²) in [5.74, 6) is 0. The Morgan fingerprint density at radius 3 is 1.42 bits per heavy atom. The van der Waals surface area contributed by atoms with Crippen LogP contribution in [-0.2, 0) is 0 Å². The summed E-state index contributed by atoms with van der Waals surface area (Å²) in [6, 6.07) is 84.1. The van der Waals surface area contributed by atoms with E-state index in [0.717, 1.165) is 0 Å². The van der Waals surface area contributed by atoms with Crippen molar-refractivity contribution in [3.63, 3.8) is 0 Å². The summed E-state index contributed by atoms with van der Waals surface area (Å²) >= 11 is 0. The van der Waals surface area contributed by atoms with Gasteiger partial charge in [0.05, 0.1) is 33.4 Å². The van der Waals surface area contributed by atoms with Crippen molar-refractivity contribution < 1.29 is 0 Å². The smallest absolute Gasteiger partial charge is 0.0547 e. The van der Waals surface area contributed by atoms with E-state index in [2.05, 4.69) is 240 Å². The number of para-hydroxylation sites is 2. The van der Waals surface area contributed by atoms with Crippen LogP contribution in [0.3, 0.4) is 0 Å². The highest BCUT2D eigenvalue weighted by atomic mass is 15.0. The fourth-order valence-electron chi connectivity index (χ4n) is 9.66. The molecule has 0 amide bonds. The molecule has 280 valence electrons. The maximum Gasteiger partial charge on any atom is 0.0547 e. The third-order valence-electron chi connectivity index (χ3n) is 12.3. The number of hydrogen-bond donors (Lipinski definition) is 0. The highest BCUT2D eigenvalue weighted by Gasteiger charge is 2.21. The molecule has 2 heterocycles. The van der Waals surface area contributed by atoms with Crippen molar-refractivity contribution in [1.82, 2.24) is 9.13 Å². The topological polar surface area (TPSA) is 9.86 Å². The highest BCUT2D eigenvalue weighted by molar-refractivity contribution is 6.18. The van der Waals surface area contributed by atoms with Gasteiger partial charge in [-0.05, 0) is 92.9 Å². The van der Waals surface area contributed by atoms with Gasteiger partial charge in [0.2, 0.25) is 0 Å². The molecular formula is C58H38N2. The van der Waals surface area contributed by atoms with Crippen molar-refractivity contribution in [2.45, 2.75) is 0 Å². The number of hydrogen-bond acceptors (Lipinski definition) is 0. The van der Waals surface area contributed by atoms with Gasteiger partial charge >= 0.3 is 0 Å². The monoisotopic (exact) mass is 762 g/mol. The van der Waals surface area contributed by atoms with Crippen LogP contribution in [0.5, 0.6) is 0 Å². The largest absolute Gasteiger partial charge is 0.309 e. The molecule has 0 fully saturated rings. The van der Waals surface area contributed by atoms with Crippen LogP contribution in [0.15, 0.2) is 231 Å². The molecule has 0 atom stereocenters. The molecule has 2 nitrogen and oxygen atoms in total. The van der Waals surface area contributed by atoms with Gasteiger partial charge in [-0.2, -0.15) is 0 Å². The third-order valence-corrected chi connectivity index (χ3v) is 12.3. The molecule has 0 spiro atoms. The van der Waals surface area contributed by atoms with E-state index in [1.165, 1.54) is 110 Å². The van der Waals surface area contributed by atoms with Crippen LogP contribution in [0.25, 0.3) is 110 Å². The Kier molecular flexibility index (Phi) is 7.89. The van der Waals surface area contributed by atoms with Gasteiger partial charge in [-0.3, -0.25) is 0 Å². The van der Waals surface area contributed by atoms with E-state index in [1.807, 2.05) is 0 Å². The summed E-state index contributed by atoms with van der Waals surface area (Å²) in [5.41, 5.74) is 16.8. The van der Waals surface area contributed by atoms with E-state index in [4.69, 9.17) is 0 Å². The van der Waals surface area contributed by atoms with Gasteiger partial charge in [0.1, 0.15) is 0 Å². The second-order valence-electron chi connectivity index (χ2n) is 15.6. The summed E-state index contributed by atoms with van der Waals surface area (Å²) in [6.45, 7) is 0.